The van der Waals surface area contributed by atoms with Gasteiger partial charge in [-0.1, -0.05) is 24.3 Å². The van der Waals surface area contributed by atoms with Crippen LogP contribution in [0.1, 0.15) is 28.7 Å². The fourth-order valence-electron chi connectivity index (χ4n) is 3.33. The summed E-state index contributed by atoms with van der Waals surface area (Å²) in [5, 5.41) is 15.7. The Hall–Kier alpha value is -3.49. The van der Waals surface area contributed by atoms with E-state index in [-0.39, 0.29) is 18.1 Å². The molecule has 158 valence electrons. The first-order valence-electron chi connectivity index (χ1n) is 9.66. The van der Waals surface area contributed by atoms with Crippen molar-refractivity contribution in [2.24, 2.45) is 0 Å². The number of aliphatic hydroxyl groups excluding tert-OH is 1. The van der Waals surface area contributed by atoms with E-state index in [4.69, 9.17) is 5.73 Å². The minimum atomic E-state index is -0.973. The Balaban J connectivity index is 1.40. The number of nitrogens with two attached hydrogens (primary N) is 1. The van der Waals surface area contributed by atoms with Crippen LogP contribution < -0.4 is 11.1 Å². The zero-order chi connectivity index (χ0) is 21.8. The second kappa shape index (κ2) is 9.11. The number of nitrogens with zero attached hydrogens (tertiary/aromatic N) is 2. The zero-order valence-corrected chi connectivity index (χ0v) is 17.3. The van der Waals surface area contributed by atoms with Crippen LogP contribution in [-0.2, 0) is 17.6 Å². The maximum Gasteiger partial charge on any atom is 0.230 e. The Labute approximate surface area is 182 Å². The number of amides is 1. The summed E-state index contributed by atoms with van der Waals surface area (Å²) in [4.78, 5) is 16.3. The third-order valence-electron chi connectivity index (χ3n) is 4.81. The molecule has 0 aliphatic rings. The normalized spacial score (nSPS) is 11.9. The second-order valence-electron chi connectivity index (χ2n) is 7.11. The average Bonchev–Trinajstić information content (AvgIpc) is 3.37. The molecule has 0 aliphatic heterocycles. The number of carbonyl (C=O) groups excluding carboxylic acids is 1. The molecule has 8 heteroatoms. The Kier molecular flexibility index (Phi) is 6.11. The molecule has 2 heterocycles. The molecule has 0 fully saturated rings. The quantitative estimate of drug-likeness (QED) is 0.409. The lowest BCUT2D eigenvalue weighted by molar-refractivity contribution is -0.115. The van der Waals surface area contributed by atoms with Crippen molar-refractivity contribution in [1.82, 2.24) is 9.55 Å². The van der Waals surface area contributed by atoms with E-state index in [2.05, 4.69) is 10.3 Å². The summed E-state index contributed by atoms with van der Waals surface area (Å²) < 4.78 is 15.2. The first-order chi connectivity index (χ1) is 15.0. The number of rotatable bonds is 7. The van der Waals surface area contributed by atoms with E-state index in [1.54, 1.807) is 28.3 Å². The van der Waals surface area contributed by atoms with E-state index < -0.39 is 6.23 Å². The molecule has 1 amide bonds. The number of nitrogens with one attached hydrogen (secondary N) is 1. The highest BCUT2D eigenvalue weighted by molar-refractivity contribution is 7.13. The minimum absolute atomic E-state index is 0.162. The summed E-state index contributed by atoms with van der Waals surface area (Å²) >= 11 is 1.31. The molecule has 0 saturated carbocycles. The summed E-state index contributed by atoms with van der Waals surface area (Å²) in [5.74, 6) is -0.550. The number of nitrogen functional groups attached to an aromatic ring is 1. The van der Waals surface area contributed by atoms with Gasteiger partial charge >= 0.3 is 0 Å². The summed E-state index contributed by atoms with van der Waals surface area (Å²) in [7, 11) is 0. The Morgan fingerprint density at radius 2 is 2.00 bits per heavy atom. The van der Waals surface area contributed by atoms with Crippen molar-refractivity contribution in [2.75, 3.05) is 11.1 Å². The molecule has 1 atom stereocenters. The Bertz CT molecular complexity index is 1190. The van der Waals surface area contributed by atoms with Gasteiger partial charge in [-0.3, -0.25) is 4.79 Å². The molecule has 0 unspecified atom stereocenters. The number of halogens is 1. The molecule has 4 rings (SSSR count). The van der Waals surface area contributed by atoms with E-state index >= 15 is 0 Å². The lowest BCUT2D eigenvalue weighted by atomic mass is 10.1. The van der Waals surface area contributed by atoms with Crippen LogP contribution in [-0.4, -0.2) is 20.6 Å². The van der Waals surface area contributed by atoms with Crippen molar-refractivity contribution in [3.05, 3.63) is 101 Å². The maximum atomic E-state index is 13.5. The van der Waals surface area contributed by atoms with Gasteiger partial charge < -0.3 is 20.7 Å². The van der Waals surface area contributed by atoms with Crippen LogP contribution in [0.4, 0.5) is 15.2 Å². The summed E-state index contributed by atoms with van der Waals surface area (Å²) in [6.45, 7) is 0. The number of aliphatic hydroxyl groups is 1. The van der Waals surface area contributed by atoms with E-state index in [0.29, 0.717) is 28.5 Å². The number of carbonyl (C=O) groups is 1. The molecule has 0 bridgehead atoms. The molecule has 0 spiro atoms. The molecule has 4 N–H and O–H groups in total. The number of hydrogen-bond acceptors (Lipinski definition) is 5. The van der Waals surface area contributed by atoms with Crippen LogP contribution in [0.25, 0.3) is 0 Å². The largest absolute Gasteiger partial charge is 0.375 e. The van der Waals surface area contributed by atoms with Crippen LogP contribution >= 0.6 is 11.3 Å². The lowest BCUT2D eigenvalue weighted by Crippen LogP contribution is -2.14. The number of thiazole rings is 1. The fourth-order valence-corrected chi connectivity index (χ4v) is 3.90. The fraction of sp³-hybridized carbons (Fsp3) is 0.130. The summed E-state index contributed by atoms with van der Waals surface area (Å²) in [5.41, 5.74) is 9.30. The maximum absolute atomic E-state index is 13.5. The highest BCUT2D eigenvalue weighted by atomic mass is 32.1. The van der Waals surface area contributed by atoms with Crippen molar-refractivity contribution in [3.8, 4) is 0 Å². The molecule has 4 aromatic rings. The van der Waals surface area contributed by atoms with Gasteiger partial charge in [0.25, 0.3) is 0 Å². The van der Waals surface area contributed by atoms with E-state index in [9.17, 15) is 14.3 Å². The van der Waals surface area contributed by atoms with Crippen molar-refractivity contribution in [2.45, 2.75) is 19.1 Å². The summed E-state index contributed by atoms with van der Waals surface area (Å²) in [6, 6.07) is 17.2. The lowest BCUT2D eigenvalue weighted by Gasteiger charge is -2.17. The van der Waals surface area contributed by atoms with Crippen molar-refractivity contribution in [1.29, 1.82) is 0 Å². The van der Waals surface area contributed by atoms with E-state index in [1.165, 1.54) is 23.5 Å². The molecule has 6 nitrogen and oxygen atoms in total. The predicted octanol–water partition coefficient (Wildman–Crippen LogP) is 3.98. The molecule has 2 aromatic carbocycles. The molecular weight excluding hydrogens is 415 g/mol. The molecule has 0 saturated heterocycles. The predicted molar refractivity (Wildman–Crippen MR) is 119 cm³/mol. The number of anilines is 2. The third kappa shape index (κ3) is 5.17. The van der Waals surface area contributed by atoms with Gasteiger partial charge in [0, 0.05) is 34.9 Å². The van der Waals surface area contributed by atoms with Crippen LogP contribution in [0.3, 0.4) is 0 Å². The molecular formula is C23H21FN4O2S. The van der Waals surface area contributed by atoms with Crippen molar-refractivity contribution < 1.29 is 14.3 Å². The average molecular weight is 437 g/mol. The van der Waals surface area contributed by atoms with Crippen LogP contribution in [0.15, 0.2) is 72.2 Å². The zero-order valence-electron chi connectivity index (χ0n) is 16.5. The molecule has 0 aliphatic carbocycles. The monoisotopic (exact) mass is 436 g/mol. The molecule has 31 heavy (non-hydrogen) atoms. The van der Waals surface area contributed by atoms with Gasteiger partial charge in [0.2, 0.25) is 5.91 Å². The van der Waals surface area contributed by atoms with Crippen LogP contribution in [0, 0.1) is 5.82 Å². The minimum Gasteiger partial charge on any atom is -0.375 e. The highest BCUT2D eigenvalue weighted by Gasteiger charge is 2.14. The van der Waals surface area contributed by atoms with Gasteiger partial charge in [-0.25, -0.2) is 9.37 Å². The number of benzene rings is 2. The van der Waals surface area contributed by atoms with Crippen molar-refractivity contribution in [3.63, 3.8) is 0 Å². The van der Waals surface area contributed by atoms with Crippen molar-refractivity contribution >= 4 is 28.1 Å². The SMILES string of the molecule is Nc1nc(CC(=O)Nc2ccc(Cc3cccn3[C@H](O)c3cccc(F)c3)cc2)cs1. The summed E-state index contributed by atoms with van der Waals surface area (Å²) in [6.07, 6.45) is 1.54. The Morgan fingerprint density at radius 3 is 2.71 bits per heavy atom. The second-order valence-corrected chi connectivity index (χ2v) is 8.00. The van der Waals surface area contributed by atoms with E-state index in [0.717, 1.165) is 11.3 Å². The highest BCUT2D eigenvalue weighted by Crippen LogP contribution is 2.22. The van der Waals surface area contributed by atoms with Gasteiger partial charge in [0.05, 0.1) is 12.1 Å². The van der Waals surface area contributed by atoms with Gasteiger partial charge in [-0.2, -0.15) is 0 Å². The number of aromatic nitrogens is 2. The molecule has 2 aromatic heterocycles. The van der Waals surface area contributed by atoms with Crippen LogP contribution in [0.2, 0.25) is 0 Å². The molecule has 0 radical (unpaired) electrons. The third-order valence-corrected chi connectivity index (χ3v) is 5.53. The topological polar surface area (TPSA) is 93.2 Å². The van der Waals surface area contributed by atoms with Gasteiger partial charge in [-0.15, -0.1) is 11.3 Å². The Morgan fingerprint density at radius 1 is 1.19 bits per heavy atom. The standard InChI is InChI=1S/C23H21FN4O2S/c24-17-4-1-3-16(12-17)22(30)28-10-2-5-20(28)11-15-6-8-18(9-7-15)26-21(29)13-19-14-31-23(25)27-19/h1-10,12,14,22,30H,11,13H2,(H2,25,27)(H,26,29)/t22-/m1/s1. The number of hydrogen-bond donors (Lipinski definition) is 3. The van der Waals surface area contributed by atoms with Gasteiger partial charge in [0.15, 0.2) is 11.4 Å². The van der Waals surface area contributed by atoms with Gasteiger partial charge in [0.1, 0.15) is 5.82 Å². The first-order valence-corrected chi connectivity index (χ1v) is 10.5. The smallest absolute Gasteiger partial charge is 0.230 e. The van der Waals surface area contributed by atoms with Crippen LogP contribution in [0.5, 0.6) is 0 Å². The van der Waals surface area contributed by atoms with E-state index in [1.807, 2.05) is 36.4 Å². The first kappa shape index (κ1) is 20.8. The van der Waals surface area contributed by atoms with Gasteiger partial charge in [-0.05, 0) is 42.0 Å².